The smallest absolute Gasteiger partial charge is 0.232 e. The third kappa shape index (κ3) is 3.89. The van der Waals surface area contributed by atoms with Crippen LogP contribution in [0.1, 0.15) is 45.6 Å². The summed E-state index contributed by atoms with van der Waals surface area (Å²) >= 11 is 0. The molecular weight excluding hydrogens is 348 g/mol. The van der Waals surface area contributed by atoms with Crippen LogP contribution in [0.4, 0.5) is 0 Å². The molecule has 28 heavy (non-hydrogen) atoms. The van der Waals surface area contributed by atoms with E-state index in [-0.39, 0.29) is 24.2 Å². The quantitative estimate of drug-likeness (QED) is 0.749. The van der Waals surface area contributed by atoms with Gasteiger partial charge in [-0.15, -0.1) is 5.92 Å². The van der Waals surface area contributed by atoms with Gasteiger partial charge >= 0.3 is 0 Å². The molecule has 2 amide bonds. The molecule has 0 spiro atoms. The van der Waals surface area contributed by atoms with Crippen LogP contribution in [0, 0.1) is 17.8 Å². The van der Waals surface area contributed by atoms with Gasteiger partial charge in [-0.1, -0.05) is 60.1 Å². The molecule has 146 valence electrons. The van der Waals surface area contributed by atoms with Gasteiger partial charge in [-0.05, 0) is 39.2 Å². The summed E-state index contributed by atoms with van der Waals surface area (Å²) in [5.74, 6) is 5.58. The number of rotatable bonds is 6. The summed E-state index contributed by atoms with van der Waals surface area (Å²) in [6.45, 7) is 5.94. The maximum Gasteiger partial charge on any atom is 0.232 e. The van der Waals surface area contributed by atoms with Crippen molar-refractivity contribution in [1.82, 2.24) is 10.6 Å². The molecule has 2 aliphatic rings. The Labute approximate surface area is 167 Å². The van der Waals surface area contributed by atoms with Gasteiger partial charge in [-0.2, -0.15) is 0 Å². The fourth-order valence-corrected chi connectivity index (χ4v) is 4.11. The van der Waals surface area contributed by atoms with E-state index in [1.165, 1.54) is 5.57 Å². The predicted octanol–water partition coefficient (Wildman–Crippen LogP) is 3.26. The lowest BCUT2D eigenvalue weighted by atomic mass is 9.51. The van der Waals surface area contributed by atoms with Crippen molar-refractivity contribution < 1.29 is 9.59 Å². The molecule has 1 aromatic carbocycles. The van der Waals surface area contributed by atoms with Crippen LogP contribution in [0.2, 0.25) is 0 Å². The molecular formula is C24H28N2O2. The number of allylic oxidation sites excluding steroid dienone is 4. The molecule has 2 unspecified atom stereocenters. The standard InChI is InChI=1S/C24H28N2O2/c1-4-5-15-21(27)25-17-23(2,3)26-22(28)24(19-12-7-6-8-13-19)16-18-11-9-10-14-20(18)24/h6-13,20H,14-17H2,1-3H3,(H,25,27)(H,26,28). The van der Waals surface area contributed by atoms with Crippen LogP contribution in [0.15, 0.2) is 54.1 Å². The molecule has 1 aromatic rings. The van der Waals surface area contributed by atoms with Gasteiger partial charge in [0.1, 0.15) is 0 Å². The SMILES string of the molecule is CC#CCC(=O)NCC(C)(C)NC(=O)C1(c2ccccc2)CC2=CC=CCC21. The summed E-state index contributed by atoms with van der Waals surface area (Å²) in [5.41, 5.74) is 1.29. The van der Waals surface area contributed by atoms with Crippen LogP contribution < -0.4 is 10.6 Å². The number of amides is 2. The lowest BCUT2D eigenvalue weighted by Gasteiger charge is -2.52. The van der Waals surface area contributed by atoms with E-state index in [2.05, 4.69) is 40.7 Å². The third-order valence-electron chi connectivity index (χ3n) is 5.64. The highest BCUT2D eigenvalue weighted by Crippen LogP contribution is 2.55. The molecule has 0 bridgehead atoms. The van der Waals surface area contributed by atoms with E-state index in [0.29, 0.717) is 6.54 Å². The van der Waals surface area contributed by atoms with Gasteiger partial charge in [0.25, 0.3) is 0 Å². The second-order valence-corrected chi connectivity index (χ2v) is 8.19. The van der Waals surface area contributed by atoms with Crippen LogP contribution in [0.5, 0.6) is 0 Å². The summed E-state index contributed by atoms with van der Waals surface area (Å²) < 4.78 is 0. The Balaban J connectivity index is 1.75. The van der Waals surface area contributed by atoms with E-state index in [4.69, 9.17) is 0 Å². The second-order valence-electron chi connectivity index (χ2n) is 8.19. The molecule has 0 aliphatic heterocycles. The van der Waals surface area contributed by atoms with Crippen LogP contribution >= 0.6 is 0 Å². The Kier molecular flexibility index (Phi) is 5.74. The Morgan fingerprint density at radius 2 is 2.00 bits per heavy atom. The number of fused-ring (bicyclic) bond motifs is 1. The first-order valence-corrected chi connectivity index (χ1v) is 9.79. The molecule has 2 N–H and O–H groups in total. The molecule has 4 heteroatoms. The molecule has 2 atom stereocenters. The van der Waals surface area contributed by atoms with Crippen molar-refractivity contribution in [1.29, 1.82) is 0 Å². The fourth-order valence-electron chi connectivity index (χ4n) is 4.11. The van der Waals surface area contributed by atoms with Gasteiger partial charge < -0.3 is 10.6 Å². The van der Waals surface area contributed by atoms with Crippen molar-refractivity contribution >= 4 is 11.8 Å². The van der Waals surface area contributed by atoms with E-state index in [1.54, 1.807) is 6.92 Å². The van der Waals surface area contributed by atoms with Crippen molar-refractivity contribution in [3.05, 3.63) is 59.7 Å². The molecule has 0 saturated heterocycles. The minimum Gasteiger partial charge on any atom is -0.353 e. The lowest BCUT2D eigenvalue weighted by molar-refractivity contribution is -0.133. The number of hydrogen-bond acceptors (Lipinski definition) is 2. The number of carbonyl (C=O) groups excluding carboxylic acids is 2. The molecule has 3 rings (SSSR count). The Morgan fingerprint density at radius 3 is 2.68 bits per heavy atom. The van der Waals surface area contributed by atoms with E-state index < -0.39 is 11.0 Å². The van der Waals surface area contributed by atoms with Crippen molar-refractivity contribution in [2.45, 2.75) is 51.0 Å². The summed E-state index contributed by atoms with van der Waals surface area (Å²) in [7, 11) is 0. The zero-order valence-electron chi connectivity index (χ0n) is 16.8. The van der Waals surface area contributed by atoms with Crippen molar-refractivity contribution in [3.63, 3.8) is 0 Å². The van der Waals surface area contributed by atoms with E-state index >= 15 is 0 Å². The van der Waals surface area contributed by atoms with Gasteiger partial charge in [0, 0.05) is 12.5 Å². The minimum absolute atomic E-state index is 0.0312. The van der Waals surface area contributed by atoms with Crippen molar-refractivity contribution in [3.8, 4) is 11.8 Å². The zero-order chi connectivity index (χ0) is 20.2. The number of nitrogens with one attached hydrogen (secondary N) is 2. The van der Waals surface area contributed by atoms with Gasteiger partial charge in [0.05, 0.1) is 17.4 Å². The largest absolute Gasteiger partial charge is 0.353 e. The average Bonchev–Trinajstić information content (AvgIpc) is 2.66. The van der Waals surface area contributed by atoms with Crippen LogP contribution in [-0.2, 0) is 15.0 Å². The summed E-state index contributed by atoms with van der Waals surface area (Å²) in [6.07, 6.45) is 8.16. The second kappa shape index (κ2) is 8.06. The first kappa shape index (κ1) is 19.9. The molecule has 4 nitrogen and oxygen atoms in total. The highest BCUT2D eigenvalue weighted by molar-refractivity contribution is 5.92. The molecule has 0 heterocycles. The normalized spacial score (nSPS) is 22.7. The first-order valence-electron chi connectivity index (χ1n) is 9.79. The maximum atomic E-state index is 13.5. The first-order chi connectivity index (χ1) is 13.4. The maximum absolute atomic E-state index is 13.5. The highest BCUT2D eigenvalue weighted by Gasteiger charge is 2.56. The van der Waals surface area contributed by atoms with Crippen molar-refractivity contribution in [2.24, 2.45) is 5.92 Å². The van der Waals surface area contributed by atoms with Gasteiger partial charge in [0.15, 0.2) is 0 Å². The molecule has 1 saturated carbocycles. The fraction of sp³-hybridized carbons (Fsp3) is 0.417. The Morgan fingerprint density at radius 1 is 1.25 bits per heavy atom. The molecule has 0 aromatic heterocycles. The lowest BCUT2D eigenvalue weighted by Crippen LogP contribution is -2.62. The zero-order valence-corrected chi connectivity index (χ0v) is 16.8. The number of carbonyl (C=O) groups is 2. The third-order valence-corrected chi connectivity index (χ3v) is 5.64. The minimum atomic E-state index is -0.557. The summed E-state index contributed by atoms with van der Waals surface area (Å²) in [6, 6.07) is 10.1. The van der Waals surface area contributed by atoms with E-state index in [9.17, 15) is 9.59 Å². The van der Waals surface area contributed by atoms with Crippen molar-refractivity contribution in [2.75, 3.05) is 6.54 Å². The number of hydrogen-bond donors (Lipinski definition) is 2. The summed E-state index contributed by atoms with van der Waals surface area (Å²) in [5, 5.41) is 6.07. The Bertz CT molecular complexity index is 871. The van der Waals surface area contributed by atoms with Gasteiger partial charge in [-0.3, -0.25) is 9.59 Å². The van der Waals surface area contributed by atoms with Gasteiger partial charge in [0.2, 0.25) is 11.8 Å². The number of benzene rings is 1. The van der Waals surface area contributed by atoms with Crippen LogP contribution in [0.3, 0.4) is 0 Å². The molecule has 2 aliphatic carbocycles. The average molecular weight is 377 g/mol. The van der Waals surface area contributed by atoms with Crippen LogP contribution in [-0.4, -0.2) is 23.9 Å². The molecule has 0 radical (unpaired) electrons. The Hall–Kier alpha value is -2.80. The highest BCUT2D eigenvalue weighted by atomic mass is 16.2. The predicted molar refractivity (Wildman–Crippen MR) is 111 cm³/mol. The van der Waals surface area contributed by atoms with E-state index in [0.717, 1.165) is 18.4 Å². The van der Waals surface area contributed by atoms with E-state index in [1.807, 2.05) is 44.2 Å². The summed E-state index contributed by atoms with van der Waals surface area (Å²) in [4.78, 5) is 25.4. The van der Waals surface area contributed by atoms with Crippen LogP contribution in [0.25, 0.3) is 0 Å². The van der Waals surface area contributed by atoms with Gasteiger partial charge in [-0.25, -0.2) is 0 Å². The topological polar surface area (TPSA) is 58.2 Å². The monoisotopic (exact) mass is 376 g/mol. The molecule has 1 fully saturated rings.